The fourth-order valence-corrected chi connectivity index (χ4v) is 4.57. The zero-order valence-corrected chi connectivity index (χ0v) is 18.8. The molecule has 3 amide bonds. The molecule has 30 heavy (non-hydrogen) atoms. The van der Waals surface area contributed by atoms with E-state index in [0.717, 1.165) is 55.6 Å². The number of hydrogen-bond donors (Lipinski definition) is 2. The van der Waals surface area contributed by atoms with Gasteiger partial charge in [0.05, 0.1) is 5.25 Å². The molecule has 3 rings (SSSR count). The second-order valence-electron chi connectivity index (χ2n) is 7.89. The van der Waals surface area contributed by atoms with E-state index in [1.54, 1.807) is 6.92 Å². The number of carbonyl (C=O) groups is 2. The Balaban J connectivity index is 1.64. The van der Waals surface area contributed by atoms with Crippen molar-refractivity contribution < 1.29 is 9.59 Å². The van der Waals surface area contributed by atoms with Crippen molar-refractivity contribution in [1.29, 1.82) is 0 Å². The van der Waals surface area contributed by atoms with Gasteiger partial charge in [0.1, 0.15) is 0 Å². The van der Waals surface area contributed by atoms with Gasteiger partial charge in [0.2, 0.25) is 5.91 Å². The van der Waals surface area contributed by atoms with E-state index < -0.39 is 11.3 Å². The lowest BCUT2D eigenvalue weighted by molar-refractivity contribution is -0.119. The minimum atomic E-state index is -0.465. The Morgan fingerprint density at radius 2 is 2.00 bits per heavy atom. The molecule has 1 saturated carbocycles. The number of benzene rings is 1. The van der Waals surface area contributed by atoms with E-state index in [9.17, 15) is 9.59 Å². The van der Waals surface area contributed by atoms with Crippen LogP contribution in [0.15, 0.2) is 29.4 Å². The van der Waals surface area contributed by atoms with Crippen LogP contribution in [-0.2, 0) is 11.3 Å². The Bertz CT molecular complexity index is 876. The number of carbonyl (C=O) groups excluding carboxylic acids is 2. The first-order valence-electron chi connectivity index (χ1n) is 10.8. The first-order valence-corrected chi connectivity index (χ1v) is 11.6. The summed E-state index contributed by atoms with van der Waals surface area (Å²) in [4.78, 5) is 24.7. The van der Waals surface area contributed by atoms with Gasteiger partial charge in [-0.25, -0.2) is 4.79 Å². The van der Waals surface area contributed by atoms with Crippen LogP contribution in [0.3, 0.4) is 0 Å². The Hall–Kier alpha value is -2.35. The third kappa shape index (κ3) is 5.84. The Labute approximate surface area is 182 Å². The summed E-state index contributed by atoms with van der Waals surface area (Å²) in [5, 5.41) is 14.3. The van der Waals surface area contributed by atoms with Gasteiger partial charge >= 0.3 is 6.03 Å². The minimum absolute atomic E-state index is 0.166. The standard InChI is InChI=1S/C22H31N5O2S/c1-4-13-27-19(17-10-8-9-15(2)14-17)25-26-22(27)30-16(3)20(28)24-21(29)23-18-11-6-5-7-12-18/h8-10,14,16,18H,4-7,11-13H2,1-3H3,(H2,23,24,28,29). The molecule has 0 spiro atoms. The molecule has 0 aliphatic heterocycles. The summed E-state index contributed by atoms with van der Waals surface area (Å²) in [7, 11) is 0. The van der Waals surface area contributed by atoms with E-state index in [1.165, 1.54) is 18.2 Å². The molecule has 162 valence electrons. The van der Waals surface area contributed by atoms with Gasteiger partial charge in [0.25, 0.3) is 0 Å². The van der Waals surface area contributed by atoms with Crippen LogP contribution in [0.5, 0.6) is 0 Å². The number of amides is 3. The van der Waals surface area contributed by atoms with Gasteiger partial charge in [-0.1, -0.05) is 61.7 Å². The third-order valence-corrected chi connectivity index (χ3v) is 6.35. The van der Waals surface area contributed by atoms with Crippen molar-refractivity contribution in [3.63, 3.8) is 0 Å². The number of thioether (sulfide) groups is 1. The molecule has 2 aromatic rings. The predicted octanol–water partition coefficient (Wildman–Crippen LogP) is 4.30. The summed E-state index contributed by atoms with van der Waals surface area (Å²) >= 11 is 1.32. The van der Waals surface area contributed by atoms with Crippen LogP contribution >= 0.6 is 11.8 Å². The van der Waals surface area contributed by atoms with Crippen molar-refractivity contribution in [3.8, 4) is 11.4 Å². The molecular formula is C22H31N5O2S. The number of hydrogen-bond acceptors (Lipinski definition) is 5. The van der Waals surface area contributed by atoms with E-state index in [2.05, 4.69) is 33.8 Å². The highest BCUT2D eigenvalue weighted by molar-refractivity contribution is 8.00. The van der Waals surface area contributed by atoms with Crippen molar-refractivity contribution in [2.24, 2.45) is 0 Å². The van der Waals surface area contributed by atoms with Gasteiger partial charge in [0.15, 0.2) is 11.0 Å². The molecule has 1 fully saturated rings. The average molecular weight is 430 g/mol. The van der Waals surface area contributed by atoms with Crippen LogP contribution in [0.25, 0.3) is 11.4 Å². The number of imide groups is 1. The maximum Gasteiger partial charge on any atom is 0.321 e. The van der Waals surface area contributed by atoms with E-state index >= 15 is 0 Å². The van der Waals surface area contributed by atoms with Crippen LogP contribution in [0, 0.1) is 6.92 Å². The molecule has 0 bridgehead atoms. The summed E-state index contributed by atoms with van der Waals surface area (Å²) < 4.78 is 2.05. The fraction of sp³-hybridized carbons (Fsp3) is 0.545. The molecule has 2 N–H and O–H groups in total. The lowest BCUT2D eigenvalue weighted by atomic mass is 9.96. The smallest absolute Gasteiger partial charge is 0.321 e. The Kier molecular flexibility index (Phi) is 7.90. The summed E-state index contributed by atoms with van der Waals surface area (Å²) in [6.07, 6.45) is 6.36. The van der Waals surface area contributed by atoms with E-state index in [1.807, 2.05) is 29.7 Å². The van der Waals surface area contributed by atoms with Gasteiger partial charge in [-0.05, 0) is 39.2 Å². The topological polar surface area (TPSA) is 88.9 Å². The van der Waals surface area contributed by atoms with Crippen molar-refractivity contribution >= 4 is 23.7 Å². The van der Waals surface area contributed by atoms with Crippen molar-refractivity contribution in [2.75, 3.05) is 0 Å². The maximum atomic E-state index is 12.5. The third-order valence-electron chi connectivity index (χ3n) is 5.27. The van der Waals surface area contributed by atoms with E-state index in [-0.39, 0.29) is 11.9 Å². The highest BCUT2D eigenvalue weighted by Gasteiger charge is 2.23. The van der Waals surface area contributed by atoms with Gasteiger partial charge in [-0.15, -0.1) is 10.2 Å². The fourth-order valence-electron chi connectivity index (χ4n) is 3.69. The van der Waals surface area contributed by atoms with Crippen LogP contribution in [0.1, 0.15) is 57.9 Å². The van der Waals surface area contributed by atoms with Gasteiger partial charge in [0, 0.05) is 18.2 Å². The molecular weight excluding hydrogens is 398 g/mol. The number of nitrogens with zero attached hydrogens (tertiary/aromatic N) is 3. The van der Waals surface area contributed by atoms with Crippen molar-refractivity contribution in [2.45, 2.75) is 82.3 Å². The molecule has 1 heterocycles. The molecule has 1 aromatic heterocycles. The summed E-state index contributed by atoms with van der Waals surface area (Å²) in [6, 6.07) is 7.90. The average Bonchev–Trinajstić information content (AvgIpc) is 3.11. The molecule has 7 nitrogen and oxygen atoms in total. The first-order chi connectivity index (χ1) is 14.5. The van der Waals surface area contributed by atoms with Crippen LogP contribution in [0.4, 0.5) is 4.79 Å². The Morgan fingerprint density at radius 3 is 2.70 bits per heavy atom. The minimum Gasteiger partial charge on any atom is -0.335 e. The summed E-state index contributed by atoms with van der Waals surface area (Å²) in [6.45, 7) is 6.69. The normalized spacial score (nSPS) is 15.6. The number of aromatic nitrogens is 3. The van der Waals surface area contributed by atoms with Gasteiger partial charge in [-0.2, -0.15) is 0 Å². The molecule has 1 atom stereocenters. The molecule has 1 aliphatic rings. The van der Waals surface area contributed by atoms with Crippen molar-refractivity contribution in [3.05, 3.63) is 29.8 Å². The van der Waals surface area contributed by atoms with E-state index in [0.29, 0.717) is 5.16 Å². The Morgan fingerprint density at radius 1 is 1.23 bits per heavy atom. The molecule has 1 unspecified atom stereocenters. The highest BCUT2D eigenvalue weighted by Crippen LogP contribution is 2.27. The second kappa shape index (κ2) is 10.6. The lowest BCUT2D eigenvalue weighted by Crippen LogP contribution is -2.47. The van der Waals surface area contributed by atoms with Gasteiger partial charge < -0.3 is 9.88 Å². The number of rotatable bonds is 7. The molecule has 1 aromatic carbocycles. The summed E-state index contributed by atoms with van der Waals surface area (Å²) in [5.41, 5.74) is 2.16. The largest absolute Gasteiger partial charge is 0.335 e. The number of urea groups is 1. The van der Waals surface area contributed by atoms with Crippen LogP contribution in [0.2, 0.25) is 0 Å². The second-order valence-corrected chi connectivity index (χ2v) is 9.19. The number of nitrogens with one attached hydrogen (secondary N) is 2. The first kappa shape index (κ1) is 22.3. The monoisotopic (exact) mass is 429 g/mol. The predicted molar refractivity (Wildman–Crippen MR) is 119 cm³/mol. The highest BCUT2D eigenvalue weighted by atomic mass is 32.2. The van der Waals surface area contributed by atoms with Gasteiger partial charge in [-0.3, -0.25) is 10.1 Å². The van der Waals surface area contributed by atoms with Crippen LogP contribution in [-0.4, -0.2) is 38.0 Å². The SMILES string of the molecule is CCCn1c(SC(C)C(=O)NC(=O)NC2CCCCC2)nnc1-c1cccc(C)c1. The van der Waals surface area contributed by atoms with E-state index in [4.69, 9.17) is 0 Å². The van der Waals surface area contributed by atoms with Crippen LogP contribution < -0.4 is 10.6 Å². The van der Waals surface area contributed by atoms with Crippen molar-refractivity contribution in [1.82, 2.24) is 25.4 Å². The summed E-state index contributed by atoms with van der Waals surface area (Å²) in [5.74, 6) is 0.474. The molecule has 0 radical (unpaired) electrons. The zero-order valence-electron chi connectivity index (χ0n) is 18.0. The molecule has 8 heteroatoms. The lowest BCUT2D eigenvalue weighted by Gasteiger charge is -2.23. The molecule has 1 aliphatic carbocycles. The number of aryl methyl sites for hydroxylation is 1. The maximum absolute atomic E-state index is 12.5. The molecule has 0 saturated heterocycles. The zero-order chi connectivity index (χ0) is 21.5. The quantitative estimate of drug-likeness (QED) is 0.641.